The molecule has 0 aromatic heterocycles. The first-order valence-electron chi connectivity index (χ1n) is 7.69. The molecule has 0 heterocycles. The third-order valence-corrected chi connectivity index (χ3v) is 3.42. The van der Waals surface area contributed by atoms with Gasteiger partial charge in [0.2, 0.25) is 5.91 Å². The van der Waals surface area contributed by atoms with Crippen molar-refractivity contribution in [1.82, 2.24) is 10.6 Å². The van der Waals surface area contributed by atoms with Gasteiger partial charge in [0, 0.05) is 18.7 Å². The monoisotopic (exact) mass is 329 g/mol. The number of benzene rings is 2. The lowest BCUT2D eigenvalue weighted by molar-refractivity contribution is -0.121. The van der Waals surface area contributed by atoms with Crippen LogP contribution in [0.2, 0.25) is 0 Å². The van der Waals surface area contributed by atoms with Crippen LogP contribution < -0.4 is 16.0 Å². The molecule has 0 aliphatic rings. The highest BCUT2D eigenvalue weighted by Gasteiger charge is 2.10. The second-order valence-corrected chi connectivity index (χ2v) is 5.34. The molecule has 2 aromatic rings. The van der Waals surface area contributed by atoms with Crippen LogP contribution in [0, 0.1) is 5.82 Å². The predicted octanol–water partition coefficient (Wildman–Crippen LogP) is 3.21. The van der Waals surface area contributed by atoms with E-state index in [-0.39, 0.29) is 36.8 Å². The number of rotatable bonds is 6. The van der Waals surface area contributed by atoms with Crippen LogP contribution in [-0.2, 0) is 4.79 Å². The first-order valence-corrected chi connectivity index (χ1v) is 7.69. The van der Waals surface area contributed by atoms with E-state index in [1.54, 1.807) is 24.3 Å². The summed E-state index contributed by atoms with van der Waals surface area (Å²) in [5, 5.41) is 8.10. The molecule has 2 rings (SSSR count). The van der Waals surface area contributed by atoms with Crippen molar-refractivity contribution >= 4 is 17.6 Å². The highest BCUT2D eigenvalue weighted by molar-refractivity contribution is 5.89. The summed E-state index contributed by atoms with van der Waals surface area (Å²) in [5.74, 6) is -0.502. The Morgan fingerprint density at radius 1 is 1.04 bits per heavy atom. The zero-order valence-corrected chi connectivity index (χ0v) is 13.4. The van der Waals surface area contributed by atoms with Crippen molar-refractivity contribution in [2.24, 2.45) is 0 Å². The molecule has 0 bridgehead atoms. The highest BCUT2D eigenvalue weighted by atomic mass is 19.1. The summed E-state index contributed by atoms with van der Waals surface area (Å²) in [4.78, 5) is 23.6. The Labute approximate surface area is 140 Å². The van der Waals surface area contributed by atoms with E-state index < -0.39 is 0 Å². The van der Waals surface area contributed by atoms with E-state index in [9.17, 15) is 14.0 Å². The van der Waals surface area contributed by atoms with E-state index in [0.29, 0.717) is 5.69 Å². The van der Waals surface area contributed by atoms with Gasteiger partial charge >= 0.3 is 6.03 Å². The van der Waals surface area contributed by atoms with E-state index in [0.717, 1.165) is 5.56 Å². The van der Waals surface area contributed by atoms with Gasteiger partial charge in [-0.05, 0) is 36.8 Å². The minimum absolute atomic E-state index is 0.160. The molecule has 5 nitrogen and oxygen atoms in total. The normalized spacial score (nSPS) is 11.4. The third kappa shape index (κ3) is 5.72. The van der Waals surface area contributed by atoms with Crippen LogP contribution in [0.5, 0.6) is 0 Å². The molecule has 2 aromatic carbocycles. The minimum atomic E-state index is -0.361. The number of amides is 3. The third-order valence-electron chi connectivity index (χ3n) is 3.42. The zero-order valence-electron chi connectivity index (χ0n) is 13.4. The van der Waals surface area contributed by atoms with Crippen LogP contribution in [0.3, 0.4) is 0 Å². The summed E-state index contributed by atoms with van der Waals surface area (Å²) in [7, 11) is 0. The van der Waals surface area contributed by atoms with Crippen LogP contribution in [0.4, 0.5) is 14.9 Å². The fraction of sp³-hybridized carbons (Fsp3) is 0.222. The molecule has 3 amide bonds. The SMILES string of the molecule is CC(NC(=O)CCNC(=O)Nc1ccccc1)c1ccc(F)cc1. The second-order valence-electron chi connectivity index (χ2n) is 5.34. The molecule has 0 aliphatic carbocycles. The molecule has 3 N–H and O–H groups in total. The van der Waals surface area contributed by atoms with E-state index in [1.165, 1.54) is 12.1 Å². The molecule has 0 fully saturated rings. The van der Waals surface area contributed by atoms with Crippen LogP contribution >= 0.6 is 0 Å². The topological polar surface area (TPSA) is 70.2 Å². The number of hydrogen-bond donors (Lipinski definition) is 3. The zero-order chi connectivity index (χ0) is 17.4. The first-order chi connectivity index (χ1) is 11.5. The van der Waals surface area contributed by atoms with Crippen molar-refractivity contribution < 1.29 is 14.0 Å². The summed E-state index contributed by atoms with van der Waals surface area (Å²) < 4.78 is 12.9. The van der Waals surface area contributed by atoms with Crippen molar-refractivity contribution in [3.8, 4) is 0 Å². The van der Waals surface area contributed by atoms with Crippen LogP contribution in [0.15, 0.2) is 54.6 Å². The molecule has 0 saturated heterocycles. The number of halogens is 1. The van der Waals surface area contributed by atoms with Gasteiger partial charge < -0.3 is 16.0 Å². The lowest BCUT2D eigenvalue weighted by Gasteiger charge is -2.14. The van der Waals surface area contributed by atoms with E-state index >= 15 is 0 Å². The van der Waals surface area contributed by atoms with Gasteiger partial charge in [-0.2, -0.15) is 0 Å². The number of carbonyl (C=O) groups excluding carboxylic acids is 2. The molecular weight excluding hydrogens is 309 g/mol. The van der Waals surface area contributed by atoms with E-state index in [4.69, 9.17) is 0 Å². The fourth-order valence-electron chi connectivity index (χ4n) is 2.13. The van der Waals surface area contributed by atoms with Crippen LogP contribution in [0.1, 0.15) is 24.9 Å². The Morgan fingerprint density at radius 3 is 2.38 bits per heavy atom. The number of carbonyl (C=O) groups is 2. The van der Waals surface area contributed by atoms with Gasteiger partial charge in [0.25, 0.3) is 0 Å². The second kappa shape index (κ2) is 8.67. The van der Waals surface area contributed by atoms with Crippen LogP contribution in [-0.4, -0.2) is 18.5 Å². The van der Waals surface area contributed by atoms with E-state index in [2.05, 4.69) is 16.0 Å². The Morgan fingerprint density at radius 2 is 1.71 bits per heavy atom. The molecule has 0 aliphatic heterocycles. The van der Waals surface area contributed by atoms with Crippen molar-refractivity contribution in [3.05, 3.63) is 66.0 Å². The highest BCUT2D eigenvalue weighted by Crippen LogP contribution is 2.12. The van der Waals surface area contributed by atoms with Gasteiger partial charge in [0.05, 0.1) is 6.04 Å². The van der Waals surface area contributed by atoms with Gasteiger partial charge in [0.1, 0.15) is 5.82 Å². The van der Waals surface area contributed by atoms with Crippen molar-refractivity contribution in [2.45, 2.75) is 19.4 Å². The molecule has 126 valence electrons. The number of nitrogens with one attached hydrogen (secondary N) is 3. The number of anilines is 1. The molecular formula is C18H20FN3O2. The average Bonchev–Trinajstić information content (AvgIpc) is 2.56. The summed E-state index contributed by atoms with van der Waals surface area (Å²) in [6.45, 7) is 2.04. The predicted molar refractivity (Wildman–Crippen MR) is 91.0 cm³/mol. The van der Waals surface area contributed by atoms with E-state index in [1.807, 2.05) is 25.1 Å². The Balaban J connectivity index is 1.69. The maximum absolute atomic E-state index is 12.9. The average molecular weight is 329 g/mol. The number of urea groups is 1. The fourth-order valence-corrected chi connectivity index (χ4v) is 2.13. The molecule has 6 heteroatoms. The molecule has 1 unspecified atom stereocenters. The maximum Gasteiger partial charge on any atom is 0.319 e. The summed E-state index contributed by atoms with van der Waals surface area (Å²) in [6, 6.07) is 14.4. The molecule has 1 atom stereocenters. The molecule has 24 heavy (non-hydrogen) atoms. The quantitative estimate of drug-likeness (QED) is 0.761. The van der Waals surface area contributed by atoms with Crippen molar-refractivity contribution in [1.29, 1.82) is 0 Å². The Kier molecular flexibility index (Phi) is 6.31. The number of para-hydroxylation sites is 1. The maximum atomic E-state index is 12.9. The molecule has 0 radical (unpaired) electrons. The standard InChI is InChI=1S/C18H20FN3O2/c1-13(14-7-9-15(19)10-8-14)21-17(23)11-12-20-18(24)22-16-5-3-2-4-6-16/h2-10,13H,11-12H2,1H3,(H,21,23)(H2,20,22,24). The Hall–Kier alpha value is -2.89. The first kappa shape index (κ1) is 17.5. The summed E-state index contributed by atoms with van der Waals surface area (Å²) >= 11 is 0. The largest absolute Gasteiger partial charge is 0.350 e. The van der Waals surface area contributed by atoms with Gasteiger partial charge in [0.15, 0.2) is 0 Å². The van der Waals surface area contributed by atoms with Gasteiger partial charge in [-0.3, -0.25) is 4.79 Å². The van der Waals surface area contributed by atoms with Gasteiger partial charge in [-0.25, -0.2) is 9.18 Å². The molecule has 0 saturated carbocycles. The lowest BCUT2D eigenvalue weighted by Crippen LogP contribution is -2.34. The lowest BCUT2D eigenvalue weighted by atomic mass is 10.1. The summed E-state index contributed by atoms with van der Waals surface area (Å²) in [5.41, 5.74) is 1.50. The Bertz CT molecular complexity index is 674. The minimum Gasteiger partial charge on any atom is -0.350 e. The van der Waals surface area contributed by atoms with Gasteiger partial charge in [-0.15, -0.1) is 0 Å². The van der Waals surface area contributed by atoms with Crippen molar-refractivity contribution in [2.75, 3.05) is 11.9 Å². The summed E-state index contributed by atoms with van der Waals surface area (Å²) in [6.07, 6.45) is 0.160. The molecule has 0 spiro atoms. The van der Waals surface area contributed by atoms with Crippen LogP contribution in [0.25, 0.3) is 0 Å². The smallest absolute Gasteiger partial charge is 0.319 e. The number of hydrogen-bond acceptors (Lipinski definition) is 2. The van der Waals surface area contributed by atoms with Crippen molar-refractivity contribution in [3.63, 3.8) is 0 Å². The van der Waals surface area contributed by atoms with Gasteiger partial charge in [-0.1, -0.05) is 30.3 Å².